The van der Waals surface area contributed by atoms with Crippen molar-refractivity contribution in [3.8, 4) is 0 Å². The monoisotopic (exact) mass is 186 g/mol. The van der Waals surface area contributed by atoms with E-state index < -0.39 is 5.97 Å². The summed E-state index contributed by atoms with van der Waals surface area (Å²) in [6.45, 7) is 3.41. The van der Waals surface area contributed by atoms with E-state index in [0.29, 0.717) is 11.4 Å². The molecule has 0 bridgehead atoms. The minimum atomic E-state index is -1.16. The quantitative estimate of drug-likeness (QED) is 0.721. The van der Waals surface area contributed by atoms with Crippen LogP contribution < -0.4 is 0 Å². The highest BCUT2D eigenvalue weighted by atomic mass is 35.5. The first-order valence-corrected chi connectivity index (χ1v) is 3.64. The summed E-state index contributed by atoms with van der Waals surface area (Å²) in [6.07, 6.45) is 0. The molecule has 12 heavy (non-hydrogen) atoms. The molecule has 0 spiro atoms. The Morgan fingerprint density at radius 3 is 2.33 bits per heavy atom. The van der Waals surface area contributed by atoms with Gasteiger partial charge in [-0.1, -0.05) is 11.6 Å². The van der Waals surface area contributed by atoms with Crippen LogP contribution in [0.3, 0.4) is 0 Å². The molecule has 1 aromatic rings. The van der Waals surface area contributed by atoms with Gasteiger partial charge >= 0.3 is 5.97 Å². The van der Waals surface area contributed by atoms with Gasteiger partial charge in [0.1, 0.15) is 0 Å². The van der Waals surface area contributed by atoms with Gasteiger partial charge in [0, 0.05) is 0 Å². The maximum atomic E-state index is 10.5. The van der Waals surface area contributed by atoms with Gasteiger partial charge in [0.25, 0.3) is 0 Å². The Morgan fingerprint density at radius 1 is 1.33 bits per heavy atom. The van der Waals surface area contributed by atoms with E-state index in [1.807, 2.05) is 0 Å². The molecule has 1 N–H and O–H groups in total. The van der Waals surface area contributed by atoms with Crippen molar-refractivity contribution in [1.29, 1.82) is 0 Å². The summed E-state index contributed by atoms with van der Waals surface area (Å²) in [7, 11) is 0. The first-order chi connectivity index (χ1) is 5.52. The molecule has 0 aromatic carbocycles. The van der Waals surface area contributed by atoms with E-state index in [2.05, 4.69) is 9.97 Å². The van der Waals surface area contributed by atoms with Gasteiger partial charge < -0.3 is 5.11 Å². The predicted octanol–water partition coefficient (Wildman–Crippen LogP) is 1.45. The Kier molecular flexibility index (Phi) is 2.28. The van der Waals surface area contributed by atoms with E-state index in [-0.39, 0.29) is 10.8 Å². The Morgan fingerprint density at radius 2 is 1.83 bits per heavy atom. The molecule has 0 fully saturated rings. The normalized spacial score (nSPS) is 9.92. The third-order valence-electron chi connectivity index (χ3n) is 1.47. The Hall–Kier alpha value is -1.16. The van der Waals surface area contributed by atoms with Crippen LogP contribution in [0.25, 0.3) is 0 Å². The van der Waals surface area contributed by atoms with E-state index in [4.69, 9.17) is 16.7 Å². The lowest BCUT2D eigenvalue weighted by Gasteiger charge is -2.01. The third-order valence-corrected chi connectivity index (χ3v) is 1.73. The topological polar surface area (TPSA) is 63.1 Å². The van der Waals surface area contributed by atoms with Crippen LogP contribution in [0.5, 0.6) is 0 Å². The first kappa shape index (κ1) is 8.93. The Labute approximate surface area is 74.2 Å². The number of aromatic carboxylic acids is 1. The lowest BCUT2D eigenvalue weighted by atomic mass is 10.3. The summed E-state index contributed by atoms with van der Waals surface area (Å²) in [5.41, 5.74) is 1.03. The van der Waals surface area contributed by atoms with Crippen molar-refractivity contribution in [1.82, 2.24) is 9.97 Å². The molecular formula is C7H7ClN2O2. The van der Waals surface area contributed by atoms with Gasteiger partial charge in [0.15, 0.2) is 10.8 Å². The zero-order valence-electron chi connectivity index (χ0n) is 6.63. The number of carboxylic acid groups (broad SMARTS) is 1. The molecule has 1 aromatic heterocycles. The highest BCUT2D eigenvalue weighted by Gasteiger charge is 2.13. The summed E-state index contributed by atoms with van der Waals surface area (Å²) in [5.74, 6) is -1.16. The minimum absolute atomic E-state index is 0.0643. The number of carbonyl (C=O) groups is 1. The lowest BCUT2D eigenvalue weighted by Crippen LogP contribution is -2.06. The number of nitrogens with zero attached hydrogens (tertiary/aromatic N) is 2. The zero-order chi connectivity index (χ0) is 9.30. The fourth-order valence-corrected chi connectivity index (χ4v) is 0.962. The lowest BCUT2D eigenvalue weighted by molar-refractivity contribution is 0.0690. The highest BCUT2D eigenvalue weighted by Crippen LogP contribution is 2.12. The second kappa shape index (κ2) is 3.06. The fourth-order valence-electron chi connectivity index (χ4n) is 0.712. The van der Waals surface area contributed by atoms with Crippen LogP contribution in [0, 0.1) is 13.8 Å². The van der Waals surface area contributed by atoms with Crippen LogP contribution in [0.2, 0.25) is 5.15 Å². The molecule has 0 unspecified atom stereocenters. The number of hydrogen-bond donors (Lipinski definition) is 1. The maximum absolute atomic E-state index is 10.5. The molecule has 0 radical (unpaired) electrons. The molecule has 1 rings (SSSR count). The van der Waals surface area contributed by atoms with Crippen molar-refractivity contribution in [3.05, 3.63) is 22.2 Å². The van der Waals surface area contributed by atoms with Gasteiger partial charge in [-0.05, 0) is 13.8 Å². The Balaban J connectivity index is 3.33. The molecule has 5 heteroatoms. The summed E-state index contributed by atoms with van der Waals surface area (Å²) in [4.78, 5) is 18.1. The number of aryl methyl sites for hydroxylation is 2. The average molecular weight is 187 g/mol. The number of aromatic nitrogens is 2. The third kappa shape index (κ3) is 1.53. The second-order valence-corrected chi connectivity index (χ2v) is 2.70. The second-order valence-electron chi connectivity index (χ2n) is 2.34. The van der Waals surface area contributed by atoms with Crippen molar-refractivity contribution in [3.63, 3.8) is 0 Å². The molecule has 64 valence electrons. The Bertz CT molecular complexity index is 338. The summed E-state index contributed by atoms with van der Waals surface area (Å²) in [5, 5.41) is 8.53. The maximum Gasteiger partial charge on any atom is 0.357 e. The van der Waals surface area contributed by atoms with Gasteiger partial charge in [0.05, 0.1) is 11.4 Å². The number of rotatable bonds is 1. The molecule has 0 amide bonds. The van der Waals surface area contributed by atoms with E-state index in [9.17, 15) is 4.79 Å². The molecule has 0 saturated heterocycles. The van der Waals surface area contributed by atoms with Crippen LogP contribution in [-0.4, -0.2) is 21.0 Å². The molecular weight excluding hydrogens is 180 g/mol. The standard InChI is InChI=1S/C7H7ClN2O2/c1-3-4(2)10-6(8)5(9-3)7(11)12/h1-2H3,(H,11,12). The molecule has 0 saturated carbocycles. The minimum Gasteiger partial charge on any atom is -0.476 e. The molecule has 0 aliphatic rings. The van der Waals surface area contributed by atoms with Crippen LogP contribution in [0.4, 0.5) is 0 Å². The van der Waals surface area contributed by atoms with E-state index >= 15 is 0 Å². The van der Waals surface area contributed by atoms with Crippen LogP contribution in [-0.2, 0) is 0 Å². The van der Waals surface area contributed by atoms with E-state index in [1.54, 1.807) is 13.8 Å². The summed E-state index contributed by atoms with van der Waals surface area (Å²) in [6, 6.07) is 0. The van der Waals surface area contributed by atoms with Crippen molar-refractivity contribution in [2.45, 2.75) is 13.8 Å². The van der Waals surface area contributed by atoms with E-state index in [1.165, 1.54) is 0 Å². The van der Waals surface area contributed by atoms with Crippen LogP contribution in [0.15, 0.2) is 0 Å². The predicted molar refractivity (Wildman–Crippen MR) is 43.5 cm³/mol. The zero-order valence-corrected chi connectivity index (χ0v) is 7.38. The van der Waals surface area contributed by atoms with Crippen molar-refractivity contribution >= 4 is 17.6 Å². The van der Waals surface area contributed by atoms with Crippen LogP contribution in [0.1, 0.15) is 21.9 Å². The van der Waals surface area contributed by atoms with Gasteiger partial charge in [-0.15, -0.1) is 0 Å². The molecule has 0 aliphatic heterocycles. The molecule has 0 atom stereocenters. The van der Waals surface area contributed by atoms with E-state index in [0.717, 1.165) is 0 Å². The molecule has 4 nitrogen and oxygen atoms in total. The summed E-state index contributed by atoms with van der Waals surface area (Å²) < 4.78 is 0. The summed E-state index contributed by atoms with van der Waals surface area (Å²) >= 11 is 5.54. The number of carboxylic acids is 1. The van der Waals surface area contributed by atoms with Gasteiger partial charge in [0.2, 0.25) is 0 Å². The van der Waals surface area contributed by atoms with Gasteiger partial charge in [-0.2, -0.15) is 0 Å². The fraction of sp³-hybridized carbons (Fsp3) is 0.286. The molecule has 0 aliphatic carbocycles. The molecule has 1 heterocycles. The smallest absolute Gasteiger partial charge is 0.357 e. The van der Waals surface area contributed by atoms with Crippen molar-refractivity contribution in [2.75, 3.05) is 0 Å². The van der Waals surface area contributed by atoms with Crippen molar-refractivity contribution in [2.24, 2.45) is 0 Å². The van der Waals surface area contributed by atoms with Gasteiger partial charge in [-0.3, -0.25) is 0 Å². The first-order valence-electron chi connectivity index (χ1n) is 3.26. The largest absolute Gasteiger partial charge is 0.476 e. The number of hydrogen-bond acceptors (Lipinski definition) is 3. The number of halogens is 1. The SMILES string of the molecule is Cc1nc(Cl)c(C(=O)O)nc1C. The highest BCUT2D eigenvalue weighted by molar-refractivity contribution is 6.32. The van der Waals surface area contributed by atoms with Crippen molar-refractivity contribution < 1.29 is 9.90 Å². The van der Waals surface area contributed by atoms with Gasteiger partial charge in [-0.25, -0.2) is 14.8 Å². The average Bonchev–Trinajstić information content (AvgIpc) is 1.96. The van der Waals surface area contributed by atoms with Crippen LogP contribution >= 0.6 is 11.6 Å².